The fourth-order valence-electron chi connectivity index (χ4n) is 1.33. The molecule has 0 fully saturated rings. The van der Waals surface area contributed by atoms with Gasteiger partial charge in [-0.2, -0.15) is 4.99 Å². The largest absolute Gasteiger partial charge is 0.493 e. The van der Waals surface area contributed by atoms with Gasteiger partial charge in [0.15, 0.2) is 0 Å². The molecule has 0 aliphatic heterocycles. The van der Waals surface area contributed by atoms with Crippen molar-refractivity contribution in [1.82, 2.24) is 0 Å². The van der Waals surface area contributed by atoms with Gasteiger partial charge >= 0.3 is 0 Å². The van der Waals surface area contributed by atoms with Crippen molar-refractivity contribution in [3.63, 3.8) is 0 Å². The van der Waals surface area contributed by atoms with Gasteiger partial charge in [-0.05, 0) is 54.4 Å². The monoisotopic (exact) mass is 283 g/mol. The first-order chi connectivity index (χ1) is 7.51. The number of ether oxygens (including phenoxy) is 1. The van der Waals surface area contributed by atoms with E-state index in [1.807, 2.05) is 39.0 Å². The molecule has 4 heteroatoms. The van der Waals surface area contributed by atoms with Crippen LogP contribution in [0.25, 0.3) is 0 Å². The van der Waals surface area contributed by atoms with Gasteiger partial charge in [0.25, 0.3) is 0 Å². The molecule has 1 rings (SSSR count). The molecule has 0 aliphatic carbocycles. The Labute approximate surface area is 104 Å². The van der Waals surface area contributed by atoms with Gasteiger partial charge in [-0.15, -0.1) is 0 Å². The summed E-state index contributed by atoms with van der Waals surface area (Å²) in [6.45, 7) is 6.27. The highest BCUT2D eigenvalue weighted by molar-refractivity contribution is 9.10. The molecule has 0 atom stereocenters. The normalized spacial score (nSPS) is 10.8. The van der Waals surface area contributed by atoms with Crippen LogP contribution in [0.3, 0.4) is 0 Å². The summed E-state index contributed by atoms with van der Waals surface area (Å²) >= 11 is 3.43. The molecule has 0 heterocycles. The first-order valence-electron chi connectivity index (χ1n) is 5.03. The van der Waals surface area contributed by atoms with Crippen molar-refractivity contribution in [1.29, 1.82) is 0 Å². The van der Waals surface area contributed by atoms with Crippen molar-refractivity contribution in [2.24, 2.45) is 4.99 Å². The van der Waals surface area contributed by atoms with E-state index >= 15 is 0 Å². The molecule has 1 aromatic rings. The molecule has 0 amide bonds. The molecule has 0 aliphatic rings. The number of rotatable bonds is 4. The zero-order valence-corrected chi connectivity index (χ0v) is 11.2. The average Bonchev–Trinajstić information content (AvgIpc) is 2.21. The molecule has 1 aromatic carbocycles. The molecule has 0 radical (unpaired) electrons. The minimum absolute atomic E-state index is 0.561. The van der Waals surface area contributed by atoms with Crippen LogP contribution in [0.4, 0.5) is 0 Å². The summed E-state index contributed by atoms with van der Waals surface area (Å²) in [5.41, 5.74) is 0.376. The van der Waals surface area contributed by atoms with Crippen LogP contribution in [0, 0.1) is 0 Å². The third-order valence-corrected chi connectivity index (χ3v) is 2.88. The van der Waals surface area contributed by atoms with E-state index in [0.29, 0.717) is 6.61 Å². The van der Waals surface area contributed by atoms with Gasteiger partial charge in [-0.1, -0.05) is 6.07 Å². The first kappa shape index (κ1) is 12.9. The lowest BCUT2D eigenvalue weighted by Crippen LogP contribution is -2.13. The lowest BCUT2D eigenvalue weighted by Gasteiger charge is -2.19. The fourth-order valence-corrected chi connectivity index (χ4v) is 1.83. The number of isocyanates is 1. The zero-order chi connectivity index (χ0) is 12.2. The Kier molecular flexibility index (Phi) is 4.27. The van der Waals surface area contributed by atoms with Crippen molar-refractivity contribution < 1.29 is 9.53 Å². The van der Waals surface area contributed by atoms with Crippen LogP contribution in [0.5, 0.6) is 5.75 Å². The van der Waals surface area contributed by atoms with E-state index in [2.05, 4.69) is 20.9 Å². The summed E-state index contributed by atoms with van der Waals surface area (Å²) in [6, 6.07) is 5.67. The highest BCUT2D eigenvalue weighted by Gasteiger charge is 2.20. The van der Waals surface area contributed by atoms with Gasteiger partial charge in [-0.3, -0.25) is 0 Å². The average molecular weight is 284 g/mol. The van der Waals surface area contributed by atoms with Crippen LogP contribution in [-0.2, 0) is 10.3 Å². The summed E-state index contributed by atoms with van der Waals surface area (Å²) in [6.07, 6.45) is 1.59. The van der Waals surface area contributed by atoms with Gasteiger partial charge in [0.2, 0.25) is 6.08 Å². The smallest absolute Gasteiger partial charge is 0.235 e. The van der Waals surface area contributed by atoms with E-state index < -0.39 is 5.54 Å². The fraction of sp³-hybridized carbons (Fsp3) is 0.417. The minimum atomic E-state index is -0.561. The molecule has 0 aromatic heterocycles. The van der Waals surface area contributed by atoms with E-state index in [0.717, 1.165) is 15.8 Å². The highest BCUT2D eigenvalue weighted by atomic mass is 79.9. The number of halogens is 1. The van der Waals surface area contributed by atoms with E-state index in [1.54, 1.807) is 6.08 Å². The first-order valence-corrected chi connectivity index (χ1v) is 5.82. The SMILES string of the molecule is CCOc1ccc(C(C)(C)N=C=O)cc1Br. The molecule has 0 bridgehead atoms. The molecule has 0 saturated heterocycles. The Morgan fingerprint density at radius 1 is 1.50 bits per heavy atom. The summed E-state index contributed by atoms with van der Waals surface area (Å²) in [4.78, 5) is 14.1. The van der Waals surface area contributed by atoms with E-state index in [4.69, 9.17) is 4.74 Å². The molecule has 0 N–H and O–H groups in total. The quantitative estimate of drug-likeness (QED) is 0.627. The Hall–Kier alpha value is -1.12. The molecule has 16 heavy (non-hydrogen) atoms. The van der Waals surface area contributed by atoms with E-state index in [9.17, 15) is 4.79 Å². The number of hydrogen-bond acceptors (Lipinski definition) is 3. The standard InChI is InChI=1S/C12H14BrNO2/c1-4-16-11-6-5-9(7-10(11)13)12(2,3)14-8-15/h5-7H,4H2,1-3H3. The topological polar surface area (TPSA) is 38.7 Å². The second-order valence-corrected chi connectivity index (χ2v) is 4.69. The number of carbonyl (C=O) groups excluding carboxylic acids is 1. The van der Waals surface area contributed by atoms with Crippen LogP contribution in [-0.4, -0.2) is 12.7 Å². The second-order valence-electron chi connectivity index (χ2n) is 3.84. The predicted molar refractivity (Wildman–Crippen MR) is 66.5 cm³/mol. The van der Waals surface area contributed by atoms with Gasteiger partial charge < -0.3 is 4.74 Å². The minimum Gasteiger partial charge on any atom is -0.493 e. The molecular formula is C12H14BrNO2. The summed E-state index contributed by atoms with van der Waals surface area (Å²) in [5, 5.41) is 0. The lowest BCUT2D eigenvalue weighted by molar-refractivity contribution is 0.338. The number of nitrogens with zero attached hydrogens (tertiary/aromatic N) is 1. The van der Waals surface area contributed by atoms with Crippen LogP contribution < -0.4 is 4.74 Å². The maximum atomic E-state index is 10.3. The number of hydrogen-bond donors (Lipinski definition) is 0. The third-order valence-electron chi connectivity index (χ3n) is 2.26. The van der Waals surface area contributed by atoms with E-state index in [-0.39, 0.29) is 0 Å². The van der Waals surface area contributed by atoms with Crippen LogP contribution >= 0.6 is 15.9 Å². The Morgan fingerprint density at radius 2 is 2.19 bits per heavy atom. The Morgan fingerprint density at radius 3 is 2.69 bits per heavy atom. The molecule has 0 unspecified atom stereocenters. The molecule has 3 nitrogen and oxygen atoms in total. The molecular weight excluding hydrogens is 270 g/mol. The van der Waals surface area contributed by atoms with Gasteiger partial charge in [0, 0.05) is 0 Å². The maximum absolute atomic E-state index is 10.3. The Balaban J connectivity index is 3.10. The number of aliphatic imine (C=N–C) groups is 1. The van der Waals surface area contributed by atoms with Crippen molar-refractivity contribution >= 4 is 22.0 Å². The third kappa shape index (κ3) is 2.94. The van der Waals surface area contributed by atoms with Crippen molar-refractivity contribution in [2.45, 2.75) is 26.3 Å². The zero-order valence-electron chi connectivity index (χ0n) is 9.58. The second kappa shape index (κ2) is 5.28. The van der Waals surface area contributed by atoms with Gasteiger partial charge in [-0.25, -0.2) is 4.79 Å². The molecule has 86 valence electrons. The Bertz CT molecular complexity index is 423. The maximum Gasteiger partial charge on any atom is 0.235 e. The van der Waals surface area contributed by atoms with Gasteiger partial charge in [0.05, 0.1) is 16.6 Å². The lowest BCUT2D eigenvalue weighted by atomic mass is 9.95. The predicted octanol–water partition coefficient (Wildman–Crippen LogP) is 3.42. The molecule has 0 saturated carbocycles. The summed E-state index contributed by atoms with van der Waals surface area (Å²) in [7, 11) is 0. The van der Waals surface area contributed by atoms with Crippen molar-refractivity contribution in [3.05, 3.63) is 28.2 Å². The van der Waals surface area contributed by atoms with E-state index in [1.165, 1.54) is 0 Å². The van der Waals surface area contributed by atoms with Crippen molar-refractivity contribution in [3.8, 4) is 5.75 Å². The number of benzene rings is 1. The van der Waals surface area contributed by atoms with Crippen molar-refractivity contribution in [2.75, 3.05) is 6.61 Å². The summed E-state index contributed by atoms with van der Waals surface area (Å²) in [5.74, 6) is 0.789. The molecule has 0 spiro atoms. The van der Waals surface area contributed by atoms with Gasteiger partial charge in [0.1, 0.15) is 5.75 Å². The van der Waals surface area contributed by atoms with Crippen LogP contribution in [0.2, 0.25) is 0 Å². The van der Waals surface area contributed by atoms with Crippen LogP contribution in [0.1, 0.15) is 26.3 Å². The van der Waals surface area contributed by atoms with Crippen LogP contribution in [0.15, 0.2) is 27.7 Å². The highest BCUT2D eigenvalue weighted by Crippen LogP contribution is 2.32. The summed E-state index contributed by atoms with van der Waals surface area (Å²) < 4.78 is 6.27.